The molecule has 0 radical (unpaired) electrons. The molecule has 0 aliphatic heterocycles. The molecule has 1 aromatic heterocycles. The quantitative estimate of drug-likeness (QED) is 0.214. The van der Waals surface area contributed by atoms with Gasteiger partial charge in [-0.2, -0.15) is 0 Å². The minimum absolute atomic E-state index is 0.0346. The van der Waals surface area contributed by atoms with Gasteiger partial charge in [0, 0.05) is 31.1 Å². The summed E-state index contributed by atoms with van der Waals surface area (Å²) in [5.41, 5.74) is 3.29. The molecule has 0 unspecified atom stereocenters. The first-order valence-electron chi connectivity index (χ1n) is 10.6. The van der Waals surface area contributed by atoms with Crippen LogP contribution in [0.2, 0.25) is 0 Å². The summed E-state index contributed by atoms with van der Waals surface area (Å²) < 4.78 is 20.9. The van der Waals surface area contributed by atoms with Crippen molar-refractivity contribution >= 4 is 22.7 Å². The summed E-state index contributed by atoms with van der Waals surface area (Å²) in [7, 11) is 1.58. The Morgan fingerprint density at radius 1 is 1.12 bits per heavy atom. The number of hydrogen-bond acceptors (Lipinski definition) is 5. The van der Waals surface area contributed by atoms with Crippen molar-refractivity contribution in [3.8, 4) is 5.75 Å². The van der Waals surface area contributed by atoms with E-state index in [1.54, 1.807) is 37.0 Å². The van der Waals surface area contributed by atoms with Crippen molar-refractivity contribution in [3.63, 3.8) is 0 Å². The van der Waals surface area contributed by atoms with E-state index in [1.165, 1.54) is 12.1 Å². The van der Waals surface area contributed by atoms with E-state index >= 15 is 0 Å². The van der Waals surface area contributed by atoms with E-state index in [2.05, 4.69) is 5.32 Å². The van der Waals surface area contributed by atoms with Crippen molar-refractivity contribution in [2.75, 3.05) is 7.11 Å². The molecule has 0 saturated carbocycles. The van der Waals surface area contributed by atoms with Crippen LogP contribution in [0, 0.1) is 11.2 Å². The van der Waals surface area contributed by atoms with Crippen molar-refractivity contribution in [1.29, 1.82) is 5.41 Å². The molecule has 0 spiro atoms. The number of rotatable bonds is 10. The van der Waals surface area contributed by atoms with Gasteiger partial charge in [-0.15, -0.1) is 0 Å². The Bertz CT molecular complexity index is 1190. The molecule has 1 heterocycles. The third kappa shape index (κ3) is 6.17. The summed E-state index contributed by atoms with van der Waals surface area (Å²) in [6, 6.07) is 11.5. The van der Waals surface area contributed by atoms with Gasteiger partial charge in [-0.05, 0) is 48.7 Å². The lowest BCUT2D eigenvalue weighted by Gasteiger charge is -2.15. The van der Waals surface area contributed by atoms with Crippen LogP contribution in [-0.2, 0) is 17.9 Å². The molecule has 0 atom stereocenters. The Labute approximate surface area is 190 Å². The summed E-state index contributed by atoms with van der Waals surface area (Å²) in [4.78, 5) is 24.0. The normalized spacial score (nSPS) is 10.8. The van der Waals surface area contributed by atoms with Gasteiger partial charge in [-0.1, -0.05) is 18.6 Å². The molecular weight excluding hydrogens is 427 g/mol. The first-order chi connectivity index (χ1) is 15.9. The fourth-order valence-corrected chi connectivity index (χ4v) is 3.57. The molecule has 0 aliphatic rings. The number of nitrogens with zero attached hydrogens (tertiary/aromatic N) is 1. The highest BCUT2D eigenvalue weighted by Crippen LogP contribution is 2.16. The second kappa shape index (κ2) is 11.2. The molecule has 0 aliphatic carbocycles. The van der Waals surface area contributed by atoms with Crippen LogP contribution in [-0.4, -0.2) is 28.7 Å². The number of ether oxygens (including phenoxy) is 1. The highest BCUT2D eigenvalue weighted by molar-refractivity contribution is 5.97. The number of carbonyl (C=O) groups excluding carboxylic acids is 2. The first kappa shape index (κ1) is 23.9. The second-order valence-corrected chi connectivity index (χ2v) is 7.65. The predicted octanol–water partition coefficient (Wildman–Crippen LogP) is 3.26. The molecule has 9 heteroatoms. The first-order valence-corrected chi connectivity index (χ1v) is 10.6. The minimum atomic E-state index is -0.478. The molecule has 8 nitrogen and oxygen atoms in total. The average Bonchev–Trinajstić information content (AvgIpc) is 2.83. The topological polar surface area (TPSA) is 116 Å². The fraction of sp³-hybridized carbons (Fsp3) is 0.292. The van der Waals surface area contributed by atoms with E-state index < -0.39 is 17.6 Å². The lowest BCUT2D eigenvalue weighted by Crippen LogP contribution is -2.29. The van der Waals surface area contributed by atoms with E-state index in [4.69, 9.17) is 15.4 Å². The number of methoxy groups -OCH3 is 1. The van der Waals surface area contributed by atoms with Crippen LogP contribution in [0.25, 0.3) is 10.9 Å². The monoisotopic (exact) mass is 454 g/mol. The summed E-state index contributed by atoms with van der Waals surface area (Å²) in [5.74, 6) is -0.616. The molecule has 3 rings (SSSR count). The van der Waals surface area contributed by atoms with Crippen molar-refractivity contribution < 1.29 is 23.9 Å². The van der Waals surface area contributed by atoms with E-state index in [0.717, 1.165) is 12.0 Å². The third-order valence-electron chi connectivity index (χ3n) is 5.38. The van der Waals surface area contributed by atoms with Crippen LogP contribution in [0.4, 0.5) is 4.39 Å². The van der Waals surface area contributed by atoms with Crippen LogP contribution >= 0.6 is 0 Å². The molecule has 4 N–H and O–H groups in total. The number of aromatic nitrogens is 1. The molecular formula is C24H27FN4O4. The number of halogens is 1. The molecule has 3 aromatic rings. The number of amides is 2. The zero-order valence-electron chi connectivity index (χ0n) is 18.4. The smallest absolute Gasteiger partial charge is 0.255 e. The number of nitrogens with one attached hydrogen (secondary N) is 3. The minimum Gasteiger partial charge on any atom is -0.497 e. The summed E-state index contributed by atoms with van der Waals surface area (Å²) in [6.07, 6.45) is 3.88. The molecule has 33 heavy (non-hydrogen) atoms. The fourth-order valence-electron chi connectivity index (χ4n) is 3.57. The van der Waals surface area contributed by atoms with Gasteiger partial charge in [0.05, 0.1) is 23.5 Å². The molecule has 0 bridgehead atoms. The molecule has 2 amide bonds. The van der Waals surface area contributed by atoms with Gasteiger partial charge in [-0.3, -0.25) is 20.2 Å². The predicted molar refractivity (Wildman–Crippen MR) is 120 cm³/mol. The van der Waals surface area contributed by atoms with Crippen molar-refractivity contribution in [2.45, 2.75) is 38.8 Å². The number of unbranched alkanes of at least 4 members (excludes halogenated alkanes) is 2. The maximum atomic E-state index is 13.9. The molecule has 174 valence electrons. The van der Waals surface area contributed by atoms with Crippen LogP contribution in [0.1, 0.15) is 41.6 Å². The Morgan fingerprint density at radius 2 is 1.88 bits per heavy atom. The highest BCUT2D eigenvalue weighted by atomic mass is 19.1. The zero-order valence-corrected chi connectivity index (χ0v) is 18.4. The maximum absolute atomic E-state index is 13.9. The SMILES string of the molecule is COc1ccc(CNC(=O)c2cn(CCCCCC(=O)NO)c3ccc(F)cc3c2=N)cc1. The number of fused-ring (bicyclic) bond motifs is 1. The number of hydroxylamine groups is 1. The number of benzene rings is 2. The van der Waals surface area contributed by atoms with Gasteiger partial charge >= 0.3 is 0 Å². The van der Waals surface area contributed by atoms with E-state index in [1.807, 2.05) is 16.7 Å². The van der Waals surface area contributed by atoms with Gasteiger partial charge in [0.1, 0.15) is 11.6 Å². The van der Waals surface area contributed by atoms with E-state index in [9.17, 15) is 14.0 Å². The van der Waals surface area contributed by atoms with Crippen LogP contribution < -0.4 is 20.9 Å². The van der Waals surface area contributed by atoms with Gasteiger partial charge < -0.3 is 14.6 Å². The van der Waals surface area contributed by atoms with Gasteiger partial charge in [0.2, 0.25) is 5.91 Å². The van der Waals surface area contributed by atoms with Gasteiger partial charge in [-0.25, -0.2) is 9.87 Å². The van der Waals surface area contributed by atoms with Crippen LogP contribution in [0.15, 0.2) is 48.7 Å². The second-order valence-electron chi connectivity index (χ2n) is 7.65. The largest absolute Gasteiger partial charge is 0.497 e. The van der Waals surface area contributed by atoms with Crippen LogP contribution in [0.3, 0.4) is 0 Å². The zero-order chi connectivity index (χ0) is 23.8. The number of hydrogen-bond donors (Lipinski definition) is 4. The molecule has 0 saturated heterocycles. The summed E-state index contributed by atoms with van der Waals surface area (Å²) >= 11 is 0. The average molecular weight is 455 g/mol. The number of carbonyl (C=O) groups is 2. The van der Waals surface area contributed by atoms with Crippen molar-refractivity contribution in [1.82, 2.24) is 15.4 Å². The van der Waals surface area contributed by atoms with Gasteiger partial charge in [0.25, 0.3) is 5.91 Å². The third-order valence-corrected chi connectivity index (χ3v) is 5.38. The maximum Gasteiger partial charge on any atom is 0.255 e. The highest BCUT2D eigenvalue weighted by Gasteiger charge is 2.14. The van der Waals surface area contributed by atoms with Crippen molar-refractivity contribution in [3.05, 3.63) is 71.0 Å². The molecule has 0 fully saturated rings. The van der Waals surface area contributed by atoms with Gasteiger partial charge in [0.15, 0.2) is 0 Å². The lowest BCUT2D eigenvalue weighted by atomic mass is 10.1. The summed E-state index contributed by atoms with van der Waals surface area (Å²) in [6.45, 7) is 0.804. The van der Waals surface area contributed by atoms with E-state index in [-0.39, 0.29) is 23.9 Å². The van der Waals surface area contributed by atoms with Crippen molar-refractivity contribution in [2.24, 2.45) is 0 Å². The number of aryl methyl sites for hydroxylation is 1. The Balaban J connectivity index is 1.78. The number of pyridine rings is 1. The van der Waals surface area contributed by atoms with Crippen LogP contribution in [0.5, 0.6) is 5.75 Å². The standard InChI is InChI=1S/C24H27FN4O4/c1-33-18-9-6-16(7-10-18)14-27-24(31)20-15-29(12-4-2-3-5-22(30)28-32)21-11-8-17(25)13-19(21)23(20)26/h6-11,13,15,26,32H,2-5,12,14H2,1H3,(H,27,31)(H,28,30). The molecule has 2 aromatic carbocycles. The Kier molecular flexibility index (Phi) is 8.15. The summed E-state index contributed by atoms with van der Waals surface area (Å²) in [5, 5.41) is 20.2. The Morgan fingerprint density at radius 3 is 2.58 bits per heavy atom. The lowest BCUT2D eigenvalue weighted by molar-refractivity contribution is -0.129. The Hall–Kier alpha value is -3.72. The van der Waals surface area contributed by atoms with E-state index in [0.29, 0.717) is 36.0 Å².